The molecule has 0 aliphatic rings. The van der Waals surface area contributed by atoms with Crippen LogP contribution in [0.1, 0.15) is 6.92 Å². The molecule has 2 N–H and O–H groups in total. The van der Waals surface area contributed by atoms with E-state index in [1.807, 2.05) is 0 Å². The van der Waals surface area contributed by atoms with E-state index in [2.05, 4.69) is 14.4 Å². The Kier molecular flexibility index (Phi) is 4.78. The summed E-state index contributed by atoms with van der Waals surface area (Å²) in [7, 11) is 0. The highest BCUT2D eigenvalue weighted by Gasteiger charge is 2.02. The molecule has 0 bridgehead atoms. The van der Waals surface area contributed by atoms with Crippen LogP contribution in [0.3, 0.4) is 0 Å². The molecule has 7 nitrogen and oxygen atoms in total. The number of aliphatic hydroxyl groups is 1. The monoisotopic (exact) mass is 165 g/mol. The van der Waals surface area contributed by atoms with Crippen molar-refractivity contribution in [1.82, 2.24) is 5.64 Å². The van der Waals surface area contributed by atoms with Crippen molar-refractivity contribution in [3.8, 4) is 0 Å². The molecule has 0 aromatic rings. The molecule has 7 heteroatoms. The topological polar surface area (TPSA) is 94.1 Å². The number of carbonyl (C=O) groups excluding carboxylic acids is 2. The van der Waals surface area contributed by atoms with Crippen LogP contribution in [0.15, 0.2) is 0 Å². The third-order valence-corrected chi connectivity index (χ3v) is 0.493. The Bertz CT molecular complexity index is 146. The Morgan fingerprint density at radius 2 is 2.09 bits per heavy atom. The molecule has 0 amide bonds. The minimum Gasteiger partial charge on any atom is -0.406 e. The second kappa shape index (κ2) is 5.45. The summed E-state index contributed by atoms with van der Waals surface area (Å²) in [6.07, 6.45) is -1.20. The van der Waals surface area contributed by atoms with E-state index >= 15 is 0 Å². The number of aliphatic hydroxyl groups excluding tert-OH is 1. The van der Waals surface area contributed by atoms with Crippen LogP contribution in [-0.4, -0.2) is 24.0 Å². The van der Waals surface area contributed by atoms with Crippen LogP contribution in [0.25, 0.3) is 0 Å². The van der Waals surface area contributed by atoms with Crippen LogP contribution in [0.2, 0.25) is 0 Å². The van der Waals surface area contributed by atoms with Gasteiger partial charge in [-0.3, -0.25) is 4.79 Å². The molecular formula is C4H7NO6. The molecule has 11 heavy (non-hydrogen) atoms. The van der Waals surface area contributed by atoms with Crippen LogP contribution in [0.4, 0.5) is 4.79 Å². The normalized spacial score (nSPS) is 8.55. The van der Waals surface area contributed by atoms with Gasteiger partial charge in [-0.15, -0.1) is 0 Å². The fourth-order valence-electron chi connectivity index (χ4n) is 0.196. The maximum Gasteiger partial charge on any atom is 0.532 e. The van der Waals surface area contributed by atoms with Gasteiger partial charge in [0.05, 0.1) is 0 Å². The standard InChI is InChI=1S/C4H7NO6/c1-3(7)10-5-11-4(8)9-2-6/h5-6H,2H2,1H3. The van der Waals surface area contributed by atoms with Crippen LogP contribution < -0.4 is 5.64 Å². The van der Waals surface area contributed by atoms with Crippen molar-refractivity contribution in [2.45, 2.75) is 6.92 Å². The molecule has 0 unspecified atom stereocenters. The second-order valence-corrected chi connectivity index (χ2v) is 1.30. The van der Waals surface area contributed by atoms with E-state index in [9.17, 15) is 9.59 Å². The lowest BCUT2D eigenvalue weighted by atomic mass is 10.8. The average Bonchev–Trinajstić information content (AvgIpc) is 1.87. The summed E-state index contributed by atoms with van der Waals surface area (Å²) < 4.78 is 3.86. The molecule has 0 heterocycles. The fourth-order valence-corrected chi connectivity index (χ4v) is 0.196. The molecule has 0 atom stereocenters. The molecule has 0 saturated heterocycles. The number of ether oxygens (including phenoxy) is 1. The van der Waals surface area contributed by atoms with Gasteiger partial charge in [-0.25, -0.2) is 4.79 Å². The van der Waals surface area contributed by atoms with Crippen molar-refractivity contribution in [2.24, 2.45) is 0 Å². The molecule has 0 aliphatic heterocycles. The molecule has 0 aromatic carbocycles. The Hall–Kier alpha value is -1.34. The Balaban J connectivity index is 3.24. The molecule has 0 rings (SSSR count). The van der Waals surface area contributed by atoms with Gasteiger partial charge in [-0.05, 0) is 0 Å². The zero-order valence-corrected chi connectivity index (χ0v) is 5.70. The molecule has 0 spiro atoms. The molecule has 64 valence electrons. The van der Waals surface area contributed by atoms with Gasteiger partial charge in [0, 0.05) is 12.6 Å². The minimum absolute atomic E-state index is 0.679. The van der Waals surface area contributed by atoms with Gasteiger partial charge < -0.3 is 19.5 Å². The van der Waals surface area contributed by atoms with Crippen LogP contribution in [-0.2, 0) is 19.2 Å². The highest BCUT2D eigenvalue weighted by molar-refractivity contribution is 5.65. The molecule has 0 fully saturated rings. The summed E-state index contributed by atoms with van der Waals surface area (Å²) in [6, 6.07) is 0. The zero-order valence-electron chi connectivity index (χ0n) is 5.70. The van der Waals surface area contributed by atoms with Gasteiger partial charge in [0.2, 0.25) is 0 Å². The van der Waals surface area contributed by atoms with E-state index in [0.717, 1.165) is 6.92 Å². The van der Waals surface area contributed by atoms with Gasteiger partial charge in [-0.1, -0.05) is 0 Å². The summed E-state index contributed by atoms with van der Waals surface area (Å²) in [5.74, 6) is -0.679. The first kappa shape index (κ1) is 9.66. The summed E-state index contributed by atoms with van der Waals surface area (Å²) >= 11 is 0. The van der Waals surface area contributed by atoms with Crippen molar-refractivity contribution in [1.29, 1.82) is 0 Å². The fraction of sp³-hybridized carbons (Fsp3) is 0.500. The molecular weight excluding hydrogens is 158 g/mol. The molecule has 0 aliphatic carbocycles. The van der Waals surface area contributed by atoms with Gasteiger partial charge in [0.25, 0.3) is 0 Å². The van der Waals surface area contributed by atoms with Crippen molar-refractivity contribution in [3.05, 3.63) is 0 Å². The number of hydrogen-bond donors (Lipinski definition) is 2. The van der Waals surface area contributed by atoms with Crippen molar-refractivity contribution < 1.29 is 29.1 Å². The molecule has 0 saturated carbocycles. The van der Waals surface area contributed by atoms with E-state index in [-0.39, 0.29) is 0 Å². The van der Waals surface area contributed by atoms with Gasteiger partial charge in [-0.2, -0.15) is 0 Å². The van der Waals surface area contributed by atoms with Crippen molar-refractivity contribution in [3.63, 3.8) is 0 Å². The third kappa shape index (κ3) is 6.55. The quantitative estimate of drug-likeness (QED) is 0.317. The first-order valence-electron chi connectivity index (χ1n) is 2.53. The number of nitrogens with one attached hydrogen (secondary N) is 1. The second-order valence-electron chi connectivity index (χ2n) is 1.30. The third-order valence-electron chi connectivity index (χ3n) is 0.493. The average molecular weight is 165 g/mol. The van der Waals surface area contributed by atoms with Gasteiger partial charge in [0.1, 0.15) is 0 Å². The smallest absolute Gasteiger partial charge is 0.406 e. The Morgan fingerprint density at radius 1 is 1.45 bits per heavy atom. The van der Waals surface area contributed by atoms with Crippen molar-refractivity contribution in [2.75, 3.05) is 6.79 Å². The van der Waals surface area contributed by atoms with Crippen molar-refractivity contribution >= 4 is 12.1 Å². The van der Waals surface area contributed by atoms with Crippen LogP contribution in [0.5, 0.6) is 0 Å². The zero-order chi connectivity index (χ0) is 8.69. The van der Waals surface area contributed by atoms with Crippen LogP contribution >= 0.6 is 0 Å². The minimum atomic E-state index is -1.20. The van der Waals surface area contributed by atoms with E-state index < -0.39 is 18.9 Å². The van der Waals surface area contributed by atoms with E-state index in [1.165, 1.54) is 5.64 Å². The van der Waals surface area contributed by atoms with E-state index in [1.54, 1.807) is 0 Å². The number of hydrogen-bond acceptors (Lipinski definition) is 7. The SMILES string of the molecule is CC(=O)ONOC(=O)OCO. The predicted octanol–water partition coefficient (Wildman–Crippen LogP) is -0.928. The first-order chi connectivity index (χ1) is 5.16. The lowest BCUT2D eigenvalue weighted by Gasteiger charge is -2.02. The summed E-state index contributed by atoms with van der Waals surface area (Å²) in [4.78, 5) is 28.0. The molecule has 0 aromatic heterocycles. The maximum atomic E-state index is 10.2. The van der Waals surface area contributed by atoms with Crippen LogP contribution in [0, 0.1) is 0 Å². The predicted molar refractivity (Wildman–Crippen MR) is 29.6 cm³/mol. The highest BCUT2D eigenvalue weighted by atomic mass is 17.0. The lowest BCUT2D eigenvalue weighted by Crippen LogP contribution is -2.23. The van der Waals surface area contributed by atoms with Gasteiger partial charge in [0.15, 0.2) is 6.79 Å². The summed E-state index contributed by atoms with van der Waals surface area (Å²) in [6.45, 7) is 0.300. The molecule has 0 radical (unpaired) electrons. The maximum absolute atomic E-state index is 10.2. The number of carbonyl (C=O) groups is 2. The highest BCUT2D eigenvalue weighted by Crippen LogP contribution is 1.79. The lowest BCUT2D eigenvalue weighted by molar-refractivity contribution is -0.180. The summed E-state index contributed by atoms with van der Waals surface area (Å²) in [5.41, 5.74) is 1.53. The Labute approximate surface area is 61.7 Å². The largest absolute Gasteiger partial charge is 0.532 e. The van der Waals surface area contributed by atoms with Gasteiger partial charge >= 0.3 is 12.1 Å². The summed E-state index contributed by atoms with van der Waals surface area (Å²) in [5, 5.41) is 7.99. The first-order valence-corrected chi connectivity index (χ1v) is 2.53. The Morgan fingerprint density at radius 3 is 2.55 bits per heavy atom. The van der Waals surface area contributed by atoms with E-state index in [4.69, 9.17) is 5.11 Å². The van der Waals surface area contributed by atoms with E-state index in [0.29, 0.717) is 0 Å². The number of rotatable bonds is 3.